The lowest BCUT2D eigenvalue weighted by Gasteiger charge is -2.13. The number of aryl methyl sites for hydroxylation is 1. The van der Waals surface area contributed by atoms with E-state index in [9.17, 15) is 39.6 Å². The van der Waals surface area contributed by atoms with Gasteiger partial charge in [-0.05, 0) is 25.1 Å². The zero-order valence-corrected chi connectivity index (χ0v) is 13.2. The van der Waals surface area contributed by atoms with Crippen LogP contribution in [0.5, 0.6) is 11.5 Å². The maximum atomic E-state index is 12.7. The first-order chi connectivity index (χ1) is 12.1. The number of aromatic hydroxyl groups is 2. The van der Waals surface area contributed by atoms with E-state index in [1.807, 2.05) is 0 Å². The molecule has 0 bridgehead atoms. The summed E-state index contributed by atoms with van der Waals surface area (Å²) in [5.74, 6) is -8.43. The first-order valence-corrected chi connectivity index (χ1v) is 7.00. The fourth-order valence-electron chi connectivity index (χ4n) is 2.42. The van der Waals surface area contributed by atoms with Crippen LogP contribution in [0.1, 0.15) is 52.6 Å². The Morgan fingerprint density at radius 2 is 1.31 bits per heavy atom. The van der Waals surface area contributed by atoms with Gasteiger partial charge in [0.05, 0.1) is 11.1 Å². The van der Waals surface area contributed by atoms with Crippen molar-refractivity contribution < 1.29 is 44.7 Å². The van der Waals surface area contributed by atoms with E-state index in [-0.39, 0.29) is 5.56 Å². The van der Waals surface area contributed by atoms with Crippen molar-refractivity contribution in [1.82, 2.24) is 0 Å². The van der Waals surface area contributed by atoms with Gasteiger partial charge in [-0.3, -0.25) is 4.79 Å². The Bertz CT molecular complexity index is 973. The van der Waals surface area contributed by atoms with E-state index < -0.39 is 57.4 Å². The number of phenolic OH excluding ortho intramolecular Hbond substituents is 1. The fourth-order valence-corrected chi connectivity index (χ4v) is 2.42. The molecule has 0 saturated carbocycles. The normalized spacial score (nSPS) is 10.3. The van der Waals surface area contributed by atoms with Crippen molar-refractivity contribution in [3.05, 3.63) is 57.6 Å². The SMILES string of the molecule is Cc1ccc(O)c(C(=O)c2cc(C(=O)O)c(O)c(C(=O)O)c2C(=O)O)c1. The summed E-state index contributed by atoms with van der Waals surface area (Å²) in [6.45, 7) is 1.59. The Kier molecular flexibility index (Phi) is 4.65. The number of phenols is 2. The second kappa shape index (κ2) is 6.55. The number of hydrogen-bond donors (Lipinski definition) is 5. The maximum Gasteiger partial charge on any atom is 0.340 e. The number of benzene rings is 2. The van der Waals surface area contributed by atoms with Crippen molar-refractivity contribution in [1.29, 1.82) is 0 Å². The van der Waals surface area contributed by atoms with Crippen LogP contribution < -0.4 is 0 Å². The molecule has 26 heavy (non-hydrogen) atoms. The third kappa shape index (κ3) is 3.05. The van der Waals surface area contributed by atoms with E-state index in [2.05, 4.69) is 0 Å². The first-order valence-electron chi connectivity index (χ1n) is 7.00. The van der Waals surface area contributed by atoms with Gasteiger partial charge in [0, 0.05) is 5.56 Å². The molecule has 2 rings (SSSR count). The van der Waals surface area contributed by atoms with Crippen molar-refractivity contribution in [2.45, 2.75) is 6.92 Å². The molecule has 0 fully saturated rings. The molecule has 2 aromatic rings. The fraction of sp³-hybridized carbons (Fsp3) is 0.0588. The molecule has 0 saturated heterocycles. The third-order valence-electron chi connectivity index (χ3n) is 3.60. The van der Waals surface area contributed by atoms with Gasteiger partial charge in [0.2, 0.25) is 0 Å². The summed E-state index contributed by atoms with van der Waals surface area (Å²) in [4.78, 5) is 46.9. The van der Waals surface area contributed by atoms with Crippen LogP contribution in [-0.2, 0) is 0 Å². The summed E-state index contributed by atoms with van der Waals surface area (Å²) in [6, 6.07) is 4.46. The molecule has 0 atom stereocenters. The van der Waals surface area contributed by atoms with Crippen molar-refractivity contribution in [3.8, 4) is 11.5 Å². The molecule has 9 nitrogen and oxygen atoms in total. The van der Waals surface area contributed by atoms with Crippen LogP contribution in [0.25, 0.3) is 0 Å². The summed E-state index contributed by atoms with van der Waals surface area (Å²) in [7, 11) is 0. The minimum absolute atomic E-state index is 0.342. The van der Waals surface area contributed by atoms with Gasteiger partial charge in [-0.2, -0.15) is 0 Å². The molecule has 0 aliphatic rings. The largest absolute Gasteiger partial charge is 0.507 e. The predicted octanol–water partition coefficient (Wildman–Crippen LogP) is 1.73. The molecular weight excluding hydrogens is 348 g/mol. The highest BCUT2D eigenvalue weighted by Crippen LogP contribution is 2.32. The van der Waals surface area contributed by atoms with Crippen LogP contribution in [0.3, 0.4) is 0 Å². The minimum Gasteiger partial charge on any atom is -0.507 e. The molecule has 0 heterocycles. The molecule has 9 heteroatoms. The van der Waals surface area contributed by atoms with Gasteiger partial charge in [-0.15, -0.1) is 0 Å². The molecule has 2 aromatic carbocycles. The van der Waals surface area contributed by atoms with E-state index in [0.717, 1.165) is 0 Å². The number of rotatable bonds is 5. The van der Waals surface area contributed by atoms with E-state index in [0.29, 0.717) is 11.6 Å². The van der Waals surface area contributed by atoms with Gasteiger partial charge in [-0.25, -0.2) is 14.4 Å². The van der Waals surface area contributed by atoms with Crippen LogP contribution in [0, 0.1) is 6.92 Å². The zero-order valence-electron chi connectivity index (χ0n) is 13.2. The Morgan fingerprint density at radius 1 is 0.731 bits per heavy atom. The topological polar surface area (TPSA) is 169 Å². The number of ketones is 1. The van der Waals surface area contributed by atoms with Gasteiger partial charge in [0.25, 0.3) is 0 Å². The standard InChI is InChI=1S/C17H12O9/c1-6-2-3-10(18)7(4-6)13(19)8-5-9(15(21)22)14(20)12(17(25)26)11(8)16(23)24/h2-5,18,20H,1H3,(H,21,22)(H,23,24)(H,25,26). The second-order valence-electron chi connectivity index (χ2n) is 5.34. The number of carboxylic acids is 3. The molecular formula is C17H12O9. The summed E-state index contributed by atoms with van der Waals surface area (Å²) >= 11 is 0. The number of carbonyl (C=O) groups excluding carboxylic acids is 1. The zero-order chi connectivity index (χ0) is 19.8. The molecule has 0 aliphatic carbocycles. The smallest absolute Gasteiger partial charge is 0.340 e. The highest BCUT2D eigenvalue weighted by molar-refractivity contribution is 6.20. The van der Waals surface area contributed by atoms with E-state index in [4.69, 9.17) is 5.11 Å². The quantitative estimate of drug-likeness (QED) is 0.498. The van der Waals surface area contributed by atoms with Crippen LogP contribution >= 0.6 is 0 Å². The minimum atomic E-state index is -1.93. The Hall–Kier alpha value is -3.88. The molecule has 0 spiro atoms. The molecule has 0 radical (unpaired) electrons. The number of carboxylic acid groups (broad SMARTS) is 3. The monoisotopic (exact) mass is 360 g/mol. The highest BCUT2D eigenvalue weighted by Gasteiger charge is 2.32. The molecule has 0 aromatic heterocycles. The average Bonchev–Trinajstić information content (AvgIpc) is 2.55. The molecule has 5 N–H and O–H groups in total. The highest BCUT2D eigenvalue weighted by atomic mass is 16.4. The van der Waals surface area contributed by atoms with Gasteiger partial charge in [0.1, 0.15) is 22.6 Å². The average molecular weight is 360 g/mol. The summed E-state index contributed by atoms with van der Waals surface area (Å²) in [5, 5.41) is 47.4. The van der Waals surface area contributed by atoms with Crippen molar-refractivity contribution in [2.24, 2.45) is 0 Å². The number of aromatic carboxylic acids is 3. The van der Waals surface area contributed by atoms with Crippen molar-refractivity contribution in [2.75, 3.05) is 0 Å². The van der Waals surface area contributed by atoms with Gasteiger partial charge in [0.15, 0.2) is 5.78 Å². The number of hydrogen-bond acceptors (Lipinski definition) is 6. The molecule has 0 amide bonds. The molecule has 134 valence electrons. The van der Waals surface area contributed by atoms with Gasteiger partial charge >= 0.3 is 17.9 Å². The van der Waals surface area contributed by atoms with E-state index >= 15 is 0 Å². The van der Waals surface area contributed by atoms with Crippen LogP contribution in [-0.4, -0.2) is 49.2 Å². The Labute approximate surface area is 145 Å². The van der Waals surface area contributed by atoms with E-state index in [1.54, 1.807) is 6.92 Å². The molecule has 0 aliphatic heterocycles. The maximum absolute atomic E-state index is 12.7. The van der Waals surface area contributed by atoms with E-state index in [1.165, 1.54) is 18.2 Å². The Balaban J connectivity index is 2.92. The van der Waals surface area contributed by atoms with Gasteiger partial charge in [-0.1, -0.05) is 11.6 Å². The summed E-state index contributed by atoms with van der Waals surface area (Å²) in [6.07, 6.45) is 0. The van der Waals surface area contributed by atoms with Crippen molar-refractivity contribution >= 4 is 23.7 Å². The predicted molar refractivity (Wildman–Crippen MR) is 85.3 cm³/mol. The van der Waals surface area contributed by atoms with Crippen LogP contribution in [0.2, 0.25) is 0 Å². The lowest BCUT2D eigenvalue weighted by Crippen LogP contribution is -2.18. The summed E-state index contributed by atoms with van der Waals surface area (Å²) < 4.78 is 0. The lowest BCUT2D eigenvalue weighted by atomic mass is 9.90. The third-order valence-corrected chi connectivity index (χ3v) is 3.60. The summed E-state index contributed by atoms with van der Waals surface area (Å²) in [5.41, 5.74) is -3.85. The second-order valence-corrected chi connectivity index (χ2v) is 5.34. The number of carbonyl (C=O) groups is 4. The Morgan fingerprint density at radius 3 is 1.81 bits per heavy atom. The van der Waals surface area contributed by atoms with Crippen LogP contribution in [0.15, 0.2) is 24.3 Å². The molecule has 0 unspecified atom stereocenters. The van der Waals surface area contributed by atoms with Crippen molar-refractivity contribution in [3.63, 3.8) is 0 Å². The van der Waals surface area contributed by atoms with Gasteiger partial charge < -0.3 is 25.5 Å². The first kappa shape index (κ1) is 18.5. The lowest BCUT2D eigenvalue weighted by molar-refractivity contribution is 0.0643. The van der Waals surface area contributed by atoms with Crippen LogP contribution in [0.4, 0.5) is 0 Å².